The van der Waals surface area contributed by atoms with Crippen LogP contribution in [0.3, 0.4) is 0 Å². The smallest absolute Gasteiger partial charge is 0.0218 e. The van der Waals surface area contributed by atoms with E-state index in [1.165, 1.54) is 38.9 Å². The van der Waals surface area contributed by atoms with Gasteiger partial charge in [0.25, 0.3) is 0 Å². The molecule has 1 aliphatic heterocycles. The minimum Gasteiger partial charge on any atom is -0.315 e. The van der Waals surface area contributed by atoms with E-state index in [0.29, 0.717) is 0 Å². The standard InChI is InChI=1S/C12H26N2/c1-4-12(9-13-5-2)14-8-6-7-11(3)10-14/h11-13H,4-10H2,1-3H3. The van der Waals surface area contributed by atoms with E-state index in [-0.39, 0.29) is 0 Å². The average molecular weight is 198 g/mol. The topological polar surface area (TPSA) is 15.3 Å². The molecule has 2 unspecified atom stereocenters. The van der Waals surface area contributed by atoms with E-state index in [2.05, 4.69) is 31.0 Å². The number of likely N-dealkylation sites (N-methyl/N-ethyl adjacent to an activating group) is 1. The summed E-state index contributed by atoms with van der Waals surface area (Å²) in [6.45, 7) is 11.8. The number of likely N-dealkylation sites (tertiary alicyclic amines) is 1. The van der Waals surface area contributed by atoms with Crippen LogP contribution < -0.4 is 5.32 Å². The Morgan fingerprint density at radius 1 is 1.43 bits per heavy atom. The van der Waals surface area contributed by atoms with Gasteiger partial charge in [0.2, 0.25) is 0 Å². The van der Waals surface area contributed by atoms with Crippen LogP contribution in [-0.2, 0) is 0 Å². The van der Waals surface area contributed by atoms with Crippen LogP contribution in [0.4, 0.5) is 0 Å². The van der Waals surface area contributed by atoms with Gasteiger partial charge in [0.05, 0.1) is 0 Å². The summed E-state index contributed by atoms with van der Waals surface area (Å²) in [5.74, 6) is 0.902. The highest BCUT2D eigenvalue weighted by Gasteiger charge is 2.21. The number of hydrogen-bond acceptors (Lipinski definition) is 2. The second-order valence-electron chi connectivity index (χ2n) is 4.61. The molecular formula is C12H26N2. The zero-order valence-electron chi connectivity index (χ0n) is 10.1. The maximum Gasteiger partial charge on any atom is 0.0218 e. The van der Waals surface area contributed by atoms with Crippen LogP contribution in [0.2, 0.25) is 0 Å². The molecule has 0 amide bonds. The van der Waals surface area contributed by atoms with Crippen LogP contribution in [0.1, 0.15) is 40.0 Å². The molecule has 2 atom stereocenters. The minimum absolute atomic E-state index is 0.762. The molecule has 1 heterocycles. The fourth-order valence-electron chi connectivity index (χ4n) is 2.40. The van der Waals surface area contributed by atoms with Gasteiger partial charge in [-0.2, -0.15) is 0 Å². The van der Waals surface area contributed by atoms with Crippen LogP contribution in [0.15, 0.2) is 0 Å². The molecule has 0 aliphatic carbocycles. The molecule has 0 aromatic heterocycles. The van der Waals surface area contributed by atoms with Crippen molar-refractivity contribution in [2.24, 2.45) is 5.92 Å². The summed E-state index contributed by atoms with van der Waals surface area (Å²) in [4.78, 5) is 2.68. The summed E-state index contributed by atoms with van der Waals surface area (Å²) in [7, 11) is 0. The van der Waals surface area contributed by atoms with Gasteiger partial charge in [0, 0.05) is 19.1 Å². The first-order chi connectivity index (χ1) is 6.77. The van der Waals surface area contributed by atoms with Crippen LogP contribution in [0.25, 0.3) is 0 Å². The highest BCUT2D eigenvalue weighted by atomic mass is 15.2. The third-order valence-corrected chi connectivity index (χ3v) is 3.31. The van der Waals surface area contributed by atoms with Gasteiger partial charge in [-0.15, -0.1) is 0 Å². The molecule has 0 aromatic carbocycles. The summed E-state index contributed by atoms with van der Waals surface area (Å²) < 4.78 is 0. The second-order valence-corrected chi connectivity index (χ2v) is 4.61. The molecule has 1 N–H and O–H groups in total. The maximum atomic E-state index is 3.47. The first-order valence-corrected chi connectivity index (χ1v) is 6.22. The van der Waals surface area contributed by atoms with E-state index in [0.717, 1.165) is 18.5 Å². The van der Waals surface area contributed by atoms with E-state index in [9.17, 15) is 0 Å². The molecule has 14 heavy (non-hydrogen) atoms. The summed E-state index contributed by atoms with van der Waals surface area (Å²) in [5, 5.41) is 3.47. The number of nitrogens with zero attached hydrogens (tertiary/aromatic N) is 1. The lowest BCUT2D eigenvalue weighted by molar-refractivity contribution is 0.125. The van der Waals surface area contributed by atoms with Gasteiger partial charge in [-0.3, -0.25) is 4.90 Å². The van der Waals surface area contributed by atoms with Crippen molar-refractivity contribution >= 4 is 0 Å². The van der Waals surface area contributed by atoms with Gasteiger partial charge < -0.3 is 5.32 Å². The van der Waals surface area contributed by atoms with Crippen molar-refractivity contribution in [2.75, 3.05) is 26.2 Å². The van der Waals surface area contributed by atoms with Crippen molar-refractivity contribution in [3.63, 3.8) is 0 Å². The van der Waals surface area contributed by atoms with E-state index in [4.69, 9.17) is 0 Å². The Morgan fingerprint density at radius 3 is 2.79 bits per heavy atom. The fourth-order valence-corrected chi connectivity index (χ4v) is 2.40. The van der Waals surface area contributed by atoms with Gasteiger partial charge in [0.1, 0.15) is 0 Å². The van der Waals surface area contributed by atoms with Crippen LogP contribution in [-0.4, -0.2) is 37.1 Å². The highest BCUT2D eigenvalue weighted by Crippen LogP contribution is 2.18. The summed E-state index contributed by atoms with van der Waals surface area (Å²) in [6.07, 6.45) is 4.09. The lowest BCUT2D eigenvalue weighted by atomic mass is 9.98. The van der Waals surface area contributed by atoms with Gasteiger partial charge in [-0.05, 0) is 38.3 Å². The molecule has 1 rings (SSSR count). The number of piperidine rings is 1. The van der Waals surface area contributed by atoms with Crippen molar-refractivity contribution in [1.82, 2.24) is 10.2 Å². The first kappa shape index (κ1) is 12.0. The summed E-state index contributed by atoms with van der Waals surface area (Å²) >= 11 is 0. The molecule has 84 valence electrons. The molecule has 0 bridgehead atoms. The molecule has 1 fully saturated rings. The molecule has 0 saturated carbocycles. The van der Waals surface area contributed by atoms with Crippen LogP contribution >= 0.6 is 0 Å². The van der Waals surface area contributed by atoms with E-state index < -0.39 is 0 Å². The van der Waals surface area contributed by atoms with E-state index >= 15 is 0 Å². The first-order valence-electron chi connectivity index (χ1n) is 6.22. The highest BCUT2D eigenvalue weighted by molar-refractivity contribution is 4.78. The van der Waals surface area contributed by atoms with Crippen molar-refractivity contribution in [1.29, 1.82) is 0 Å². The van der Waals surface area contributed by atoms with Gasteiger partial charge in [-0.25, -0.2) is 0 Å². The Morgan fingerprint density at radius 2 is 2.21 bits per heavy atom. The van der Waals surface area contributed by atoms with Crippen molar-refractivity contribution in [3.05, 3.63) is 0 Å². The molecule has 0 aromatic rings. The number of hydrogen-bond donors (Lipinski definition) is 1. The van der Waals surface area contributed by atoms with E-state index in [1.54, 1.807) is 0 Å². The van der Waals surface area contributed by atoms with Gasteiger partial charge in [-0.1, -0.05) is 20.8 Å². The Balaban J connectivity index is 2.34. The normalized spacial score (nSPS) is 26.4. The average Bonchev–Trinajstić information content (AvgIpc) is 2.19. The van der Waals surface area contributed by atoms with E-state index in [1.807, 2.05) is 0 Å². The lowest BCUT2D eigenvalue weighted by Gasteiger charge is -2.37. The van der Waals surface area contributed by atoms with Crippen LogP contribution in [0.5, 0.6) is 0 Å². The van der Waals surface area contributed by atoms with Crippen LogP contribution in [0, 0.1) is 5.92 Å². The van der Waals surface area contributed by atoms with Crippen molar-refractivity contribution in [2.45, 2.75) is 46.1 Å². The molecular weight excluding hydrogens is 172 g/mol. The van der Waals surface area contributed by atoms with Gasteiger partial charge >= 0.3 is 0 Å². The number of rotatable bonds is 5. The Hall–Kier alpha value is -0.0800. The SMILES string of the molecule is CCNCC(CC)N1CCCC(C)C1. The molecule has 0 radical (unpaired) electrons. The van der Waals surface area contributed by atoms with Gasteiger partial charge in [0.15, 0.2) is 0 Å². The molecule has 2 heteroatoms. The molecule has 1 saturated heterocycles. The Kier molecular flexibility index (Phi) is 5.49. The van der Waals surface area contributed by atoms with Crippen molar-refractivity contribution in [3.8, 4) is 0 Å². The molecule has 1 aliphatic rings. The summed E-state index contributed by atoms with van der Waals surface area (Å²) in [6, 6.07) is 0.762. The third-order valence-electron chi connectivity index (χ3n) is 3.31. The molecule has 2 nitrogen and oxygen atoms in total. The maximum absolute atomic E-state index is 3.47. The summed E-state index contributed by atoms with van der Waals surface area (Å²) in [5.41, 5.74) is 0. The lowest BCUT2D eigenvalue weighted by Crippen LogP contribution is -2.46. The van der Waals surface area contributed by atoms with Crippen molar-refractivity contribution < 1.29 is 0 Å². The number of nitrogens with one attached hydrogen (secondary N) is 1. The fraction of sp³-hybridized carbons (Fsp3) is 1.00. The minimum atomic E-state index is 0.762. The zero-order valence-corrected chi connectivity index (χ0v) is 10.1. The second kappa shape index (κ2) is 6.41. The Bertz CT molecular complexity index is 147. The third kappa shape index (κ3) is 3.58. The quantitative estimate of drug-likeness (QED) is 0.728. The molecule has 0 spiro atoms. The monoisotopic (exact) mass is 198 g/mol. The Labute approximate surface area is 89.1 Å². The predicted octanol–water partition coefficient (Wildman–Crippen LogP) is 2.11. The zero-order chi connectivity index (χ0) is 10.4. The predicted molar refractivity (Wildman–Crippen MR) is 62.6 cm³/mol. The largest absolute Gasteiger partial charge is 0.315 e.